The van der Waals surface area contributed by atoms with Gasteiger partial charge in [-0.15, -0.1) is 6.42 Å². The van der Waals surface area contributed by atoms with Crippen molar-refractivity contribution in [2.45, 2.75) is 38.3 Å². The Morgan fingerprint density at radius 1 is 1.85 bits per heavy atom. The maximum atomic E-state index is 10.8. The molecule has 0 saturated carbocycles. The predicted molar refractivity (Wildman–Crippen MR) is 50.0 cm³/mol. The lowest BCUT2D eigenvalue weighted by molar-refractivity contribution is -0.116. The van der Waals surface area contributed by atoms with Crippen LogP contribution in [0.5, 0.6) is 0 Å². The van der Waals surface area contributed by atoms with Gasteiger partial charge in [0.05, 0.1) is 6.10 Å². The van der Waals surface area contributed by atoms with E-state index in [2.05, 4.69) is 5.32 Å². The number of ether oxygens (including phenoxy) is 1. The van der Waals surface area contributed by atoms with Crippen molar-refractivity contribution >= 4 is 5.91 Å². The molecular formula is C10H15NO2. The van der Waals surface area contributed by atoms with Crippen molar-refractivity contribution in [3.8, 4) is 12.3 Å². The van der Waals surface area contributed by atoms with Crippen LogP contribution in [0.15, 0.2) is 0 Å². The van der Waals surface area contributed by atoms with E-state index in [0.29, 0.717) is 6.10 Å². The number of hydrogen-bond acceptors (Lipinski definition) is 2. The molecule has 1 N–H and O–H groups in total. The van der Waals surface area contributed by atoms with Gasteiger partial charge in [-0.3, -0.25) is 4.79 Å². The summed E-state index contributed by atoms with van der Waals surface area (Å²) in [6.07, 6.45) is 8.31. The van der Waals surface area contributed by atoms with Crippen LogP contribution in [0.25, 0.3) is 0 Å². The first kappa shape index (κ1) is 10.1. The molecule has 0 aliphatic carbocycles. The van der Waals surface area contributed by atoms with E-state index in [-0.39, 0.29) is 11.9 Å². The van der Waals surface area contributed by atoms with E-state index in [1.165, 1.54) is 0 Å². The van der Waals surface area contributed by atoms with Crippen molar-refractivity contribution in [2.75, 3.05) is 6.61 Å². The highest BCUT2D eigenvalue weighted by atomic mass is 16.5. The van der Waals surface area contributed by atoms with E-state index < -0.39 is 0 Å². The molecule has 0 aromatic heterocycles. The van der Waals surface area contributed by atoms with Gasteiger partial charge in [-0.2, -0.15) is 0 Å². The Balaban J connectivity index is 2.20. The first-order valence-corrected chi connectivity index (χ1v) is 4.61. The number of carbonyl (C=O) groups is 1. The minimum atomic E-state index is -0.342. The van der Waals surface area contributed by atoms with Crippen LogP contribution in [0.2, 0.25) is 0 Å². The lowest BCUT2D eigenvalue weighted by Crippen LogP contribution is -2.34. The molecule has 1 heterocycles. The predicted octanol–water partition coefficient (Wildman–Crippen LogP) is 0.693. The SMILES string of the molecule is C#CC(=O)NC(C)CC1CCCO1. The summed E-state index contributed by atoms with van der Waals surface area (Å²) in [6.45, 7) is 2.79. The van der Waals surface area contributed by atoms with Gasteiger partial charge in [0.2, 0.25) is 0 Å². The molecule has 0 spiro atoms. The van der Waals surface area contributed by atoms with Gasteiger partial charge < -0.3 is 10.1 Å². The lowest BCUT2D eigenvalue weighted by Gasteiger charge is -2.15. The topological polar surface area (TPSA) is 38.3 Å². The van der Waals surface area contributed by atoms with Crippen LogP contribution < -0.4 is 5.32 Å². The second-order valence-corrected chi connectivity index (χ2v) is 3.39. The lowest BCUT2D eigenvalue weighted by atomic mass is 10.1. The zero-order valence-corrected chi connectivity index (χ0v) is 7.88. The summed E-state index contributed by atoms with van der Waals surface area (Å²) in [7, 11) is 0. The Bertz CT molecular complexity index is 213. The number of terminal acetylenes is 1. The minimum Gasteiger partial charge on any atom is -0.378 e. The average Bonchev–Trinajstić information content (AvgIpc) is 2.56. The zero-order chi connectivity index (χ0) is 9.68. The molecule has 3 heteroatoms. The van der Waals surface area contributed by atoms with Gasteiger partial charge in [0.1, 0.15) is 0 Å². The summed E-state index contributed by atoms with van der Waals surface area (Å²) < 4.78 is 5.44. The third kappa shape index (κ3) is 3.47. The van der Waals surface area contributed by atoms with Gasteiger partial charge in [0.15, 0.2) is 0 Å². The third-order valence-electron chi connectivity index (χ3n) is 2.15. The Morgan fingerprint density at radius 3 is 3.15 bits per heavy atom. The van der Waals surface area contributed by atoms with E-state index in [4.69, 9.17) is 11.2 Å². The molecule has 3 nitrogen and oxygen atoms in total. The fourth-order valence-electron chi connectivity index (χ4n) is 1.55. The molecule has 1 aliphatic heterocycles. The highest BCUT2D eigenvalue weighted by Gasteiger charge is 2.18. The first-order valence-electron chi connectivity index (χ1n) is 4.61. The number of amides is 1. The van der Waals surface area contributed by atoms with Gasteiger partial charge in [0, 0.05) is 12.6 Å². The fourth-order valence-corrected chi connectivity index (χ4v) is 1.55. The molecule has 72 valence electrons. The zero-order valence-electron chi connectivity index (χ0n) is 7.88. The Morgan fingerprint density at radius 2 is 2.62 bits per heavy atom. The molecule has 1 saturated heterocycles. The molecule has 1 aliphatic rings. The Labute approximate surface area is 78.8 Å². The van der Waals surface area contributed by atoms with Crippen LogP contribution in [0.4, 0.5) is 0 Å². The van der Waals surface area contributed by atoms with Gasteiger partial charge in [-0.1, -0.05) is 0 Å². The molecule has 1 rings (SSSR count). The molecule has 0 radical (unpaired) electrons. The molecule has 0 aromatic carbocycles. The van der Waals surface area contributed by atoms with Crippen LogP contribution in [0.3, 0.4) is 0 Å². The van der Waals surface area contributed by atoms with E-state index in [0.717, 1.165) is 25.9 Å². The summed E-state index contributed by atoms with van der Waals surface area (Å²) in [5.74, 6) is 1.69. The van der Waals surface area contributed by atoms with Crippen LogP contribution in [-0.2, 0) is 9.53 Å². The van der Waals surface area contributed by atoms with Crippen molar-refractivity contribution < 1.29 is 9.53 Å². The minimum absolute atomic E-state index is 0.103. The fraction of sp³-hybridized carbons (Fsp3) is 0.700. The first-order chi connectivity index (χ1) is 6.22. The van der Waals surface area contributed by atoms with Crippen molar-refractivity contribution in [2.24, 2.45) is 0 Å². The summed E-state index contributed by atoms with van der Waals surface area (Å²) in [5.41, 5.74) is 0. The van der Waals surface area contributed by atoms with Crippen molar-refractivity contribution in [1.82, 2.24) is 5.32 Å². The smallest absolute Gasteiger partial charge is 0.295 e. The molecule has 13 heavy (non-hydrogen) atoms. The van der Waals surface area contributed by atoms with Crippen molar-refractivity contribution in [3.63, 3.8) is 0 Å². The van der Waals surface area contributed by atoms with Crippen LogP contribution >= 0.6 is 0 Å². The molecule has 2 atom stereocenters. The normalized spacial score (nSPS) is 23.5. The van der Waals surface area contributed by atoms with E-state index >= 15 is 0 Å². The molecular weight excluding hydrogens is 166 g/mol. The van der Waals surface area contributed by atoms with Crippen LogP contribution in [0.1, 0.15) is 26.2 Å². The second-order valence-electron chi connectivity index (χ2n) is 3.39. The summed E-state index contributed by atoms with van der Waals surface area (Å²) in [5, 5.41) is 2.70. The second kappa shape index (κ2) is 4.88. The number of hydrogen-bond donors (Lipinski definition) is 1. The Hall–Kier alpha value is -1.01. The number of carbonyl (C=O) groups excluding carboxylic acids is 1. The van der Waals surface area contributed by atoms with Gasteiger partial charge in [0.25, 0.3) is 5.91 Å². The Kier molecular flexibility index (Phi) is 3.78. The monoisotopic (exact) mass is 181 g/mol. The maximum absolute atomic E-state index is 10.8. The highest BCUT2D eigenvalue weighted by molar-refractivity contribution is 5.92. The van der Waals surface area contributed by atoms with Crippen molar-refractivity contribution in [3.05, 3.63) is 0 Å². The third-order valence-corrected chi connectivity index (χ3v) is 2.15. The van der Waals surface area contributed by atoms with E-state index in [9.17, 15) is 4.79 Å². The molecule has 2 unspecified atom stereocenters. The number of rotatable bonds is 3. The van der Waals surface area contributed by atoms with Crippen LogP contribution in [0, 0.1) is 12.3 Å². The van der Waals surface area contributed by atoms with E-state index in [1.54, 1.807) is 0 Å². The number of nitrogens with one attached hydrogen (secondary N) is 1. The van der Waals surface area contributed by atoms with Gasteiger partial charge in [-0.05, 0) is 32.1 Å². The molecule has 1 amide bonds. The molecule has 0 aromatic rings. The van der Waals surface area contributed by atoms with Crippen LogP contribution in [-0.4, -0.2) is 24.7 Å². The highest BCUT2D eigenvalue weighted by Crippen LogP contribution is 2.16. The quantitative estimate of drug-likeness (QED) is 0.651. The summed E-state index contributed by atoms with van der Waals surface area (Å²) >= 11 is 0. The van der Waals surface area contributed by atoms with Crippen molar-refractivity contribution in [1.29, 1.82) is 0 Å². The van der Waals surface area contributed by atoms with E-state index in [1.807, 2.05) is 12.8 Å². The molecule has 0 bridgehead atoms. The average molecular weight is 181 g/mol. The summed E-state index contributed by atoms with van der Waals surface area (Å²) in [6, 6.07) is 0.103. The standard InChI is InChI=1S/C10H15NO2/c1-3-10(12)11-8(2)7-9-5-4-6-13-9/h1,8-9H,4-7H2,2H3,(H,11,12). The van der Waals surface area contributed by atoms with Gasteiger partial charge >= 0.3 is 0 Å². The summed E-state index contributed by atoms with van der Waals surface area (Å²) in [4.78, 5) is 10.8. The molecule has 1 fully saturated rings. The largest absolute Gasteiger partial charge is 0.378 e. The van der Waals surface area contributed by atoms with Gasteiger partial charge in [-0.25, -0.2) is 0 Å². The maximum Gasteiger partial charge on any atom is 0.295 e.